The van der Waals surface area contributed by atoms with Crippen molar-refractivity contribution in [3.05, 3.63) is 6.42 Å². The zero-order chi connectivity index (χ0) is 10.3. The summed E-state index contributed by atoms with van der Waals surface area (Å²) in [5, 5.41) is 0. The summed E-state index contributed by atoms with van der Waals surface area (Å²) < 4.78 is 0. The molecule has 0 unspecified atom stereocenters. The summed E-state index contributed by atoms with van der Waals surface area (Å²) in [6, 6.07) is 0.909. The van der Waals surface area contributed by atoms with E-state index in [1.165, 1.54) is 51.9 Å². The summed E-state index contributed by atoms with van der Waals surface area (Å²) in [6.07, 6.45) is 8.11. The van der Waals surface area contributed by atoms with Crippen LogP contribution < -0.4 is 0 Å². The van der Waals surface area contributed by atoms with Crippen LogP contribution in [-0.2, 0) is 0 Å². The number of hydrogen-bond donors (Lipinski definition) is 0. The first-order chi connectivity index (χ1) is 7.33. The van der Waals surface area contributed by atoms with Gasteiger partial charge in [-0.2, -0.15) is 0 Å². The number of nitrogens with zero attached hydrogens (tertiary/aromatic N) is 2. The predicted octanol–water partition coefficient (Wildman–Crippen LogP) is 1.63. The van der Waals surface area contributed by atoms with Crippen LogP contribution in [0.2, 0.25) is 0 Å². The Morgan fingerprint density at radius 1 is 1.00 bits per heavy atom. The van der Waals surface area contributed by atoms with Crippen LogP contribution in [0.15, 0.2) is 0 Å². The molecule has 15 heavy (non-hydrogen) atoms. The molecule has 85 valence electrons. The normalized spacial score (nSPS) is 39.8. The molecule has 2 saturated heterocycles. The summed E-state index contributed by atoms with van der Waals surface area (Å²) in [6.45, 7) is 5.41. The van der Waals surface area contributed by atoms with Gasteiger partial charge in [0.25, 0.3) is 0 Å². The van der Waals surface area contributed by atoms with Crippen molar-refractivity contribution in [1.29, 1.82) is 0 Å². The van der Waals surface area contributed by atoms with Crippen molar-refractivity contribution in [2.45, 2.75) is 31.7 Å². The Kier molecular flexibility index (Phi) is 2.73. The molecular formula is C13H23N2. The molecule has 0 aromatic carbocycles. The Balaban J connectivity index is 1.56. The van der Waals surface area contributed by atoms with E-state index in [1.54, 1.807) is 0 Å². The number of likely N-dealkylation sites (tertiary alicyclic amines) is 2. The van der Waals surface area contributed by atoms with Crippen molar-refractivity contribution >= 4 is 0 Å². The number of hydrogen-bond acceptors (Lipinski definition) is 2. The Bertz CT molecular complexity index is 209. The minimum atomic E-state index is 0.909. The molecule has 1 aliphatic carbocycles. The molecule has 3 rings (SSSR count). The van der Waals surface area contributed by atoms with Crippen LogP contribution in [0.1, 0.15) is 25.7 Å². The summed E-state index contributed by atoms with van der Waals surface area (Å²) in [5.74, 6) is 2.04. The Morgan fingerprint density at radius 3 is 2.20 bits per heavy atom. The fourth-order valence-corrected chi connectivity index (χ4v) is 3.69. The zero-order valence-corrected chi connectivity index (χ0v) is 9.86. The second-order valence-corrected chi connectivity index (χ2v) is 5.77. The molecule has 1 radical (unpaired) electrons. The first kappa shape index (κ1) is 10.1. The summed E-state index contributed by atoms with van der Waals surface area (Å²) in [7, 11) is 2.25. The van der Waals surface area contributed by atoms with Gasteiger partial charge in [0, 0.05) is 19.1 Å². The van der Waals surface area contributed by atoms with Gasteiger partial charge in [0.05, 0.1) is 0 Å². The Labute approximate surface area is 93.6 Å². The average Bonchev–Trinajstić information content (AvgIpc) is 2.78. The smallest absolute Gasteiger partial charge is 0.0120 e. The first-order valence-electron chi connectivity index (χ1n) is 6.57. The lowest BCUT2D eigenvalue weighted by atomic mass is 10.0. The second kappa shape index (κ2) is 4.06. The van der Waals surface area contributed by atoms with E-state index < -0.39 is 0 Å². The van der Waals surface area contributed by atoms with Crippen LogP contribution in [0.5, 0.6) is 0 Å². The molecule has 0 aromatic rings. The van der Waals surface area contributed by atoms with E-state index in [4.69, 9.17) is 0 Å². The van der Waals surface area contributed by atoms with Crippen molar-refractivity contribution in [2.24, 2.45) is 11.8 Å². The Morgan fingerprint density at radius 2 is 1.60 bits per heavy atom. The minimum Gasteiger partial charge on any atom is -0.306 e. The van der Waals surface area contributed by atoms with Gasteiger partial charge in [-0.3, -0.25) is 4.90 Å². The van der Waals surface area contributed by atoms with E-state index in [0.29, 0.717) is 0 Å². The molecular weight excluding hydrogens is 184 g/mol. The van der Waals surface area contributed by atoms with Crippen molar-refractivity contribution in [3.63, 3.8) is 0 Å². The lowest BCUT2D eigenvalue weighted by Crippen LogP contribution is -2.43. The third kappa shape index (κ3) is 1.94. The lowest BCUT2D eigenvalue weighted by molar-refractivity contribution is 0.137. The van der Waals surface area contributed by atoms with E-state index in [2.05, 4.69) is 23.3 Å². The Hall–Kier alpha value is -0.0800. The molecule has 0 amide bonds. The summed E-state index contributed by atoms with van der Waals surface area (Å²) in [5.41, 5.74) is 0. The van der Waals surface area contributed by atoms with Crippen LogP contribution in [0.25, 0.3) is 0 Å². The monoisotopic (exact) mass is 207 g/mol. The molecule has 0 aromatic heterocycles. The van der Waals surface area contributed by atoms with Gasteiger partial charge in [0.2, 0.25) is 0 Å². The third-order valence-corrected chi connectivity index (χ3v) is 4.75. The third-order valence-electron chi connectivity index (χ3n) is 4.75. The van der Waals surface area contributed by atoms with E-state index >= 15 is 0 Å². The van der Waals surface area contributed by atoms with E-state index in [1.807, 2.05) is 0 Å². The quantitative estimate of drug-likeness (QED) is 0.645. The van der Waals surface area contributed by atoms with Crippen molar-refractivity contribution in [2.75, 3.05) is 33.2 Å². The number of rotatable bonds is 1. The molecule has 0 bridgehead atoms. The van der Waals surface area contributed by atoms with Crippen LogP contribution >= 0.6 is 0 Å². The van der Waals surface area contributed by atoms with E-state index in [-0.39, 0.29) is 0 Å². The van der Waals surface area contributed by atoms with Gasteiger partial charge in [-0.25, -0.2) is 0 Å². The van der Waals surface area contributed by atoms with Crippen molar-refractivity contribution < 1.29 is 0 Å². The van der Waals surface area contributed by atoms with Gasteiger partial charge in [-0.1, -0.05) is 0 Å². The second-order valence-electron chi connectivity index (χ2n) is 5.77. The molecule has 3 aliphatic rings. The van der Waals surface area contributed by atoms with Crippen molar-refractivity contribution in [3.8, 4) is 0 Å². The number of piperidine rings is 1. The SMILES string of the molecule is CN1CCC(N2C[C@H]3C[CH]C[C@H]3C2)CC1. The largest absolute Gasteiger partial charge is 0.306 e. The molecule has 3 fully saturated rings. The molecule has 2 atom stereocenters. The molecule has 0 N–H and O–H groups in total. The lowest BCUT2D eigenvalue weighted by Gasteiger charge is -2.35. The fraction of sp³-hybridized carbons (Fsp3) is 0.923. The highest BCUT2D eigenvalue weighted by Gasteiger charge is 2.39. The van der Waals surface area contributed by atoms with Gasteiger partial charge in [-0.15, -0.1) is 0 Å². The first-order valence-corrected chi connectivity index (χ1v) is 6.57. The zero-order valence-electron chi connectivity index (χ0n) is 9.86. The maximum atomic E-state index is 2.80. The van der Waals surface area contributed by atoms with Gasteiger partial charge < -0.3 is 4.90 Å². The summed E-state index contributed by atoms with van der Waals surface area (Å²) in [4.78, 5) is 5.27. The average molecular weight is 207 g/mol. The fourth-order valence-electron chi connectivity index (χ4n) is 3.69. The van der Waals surface area contributed by atoms with Crippen LogP contribution in [0, 0.1) is 18.3 Å². The van der Waals surface area contributed by atoms with Gasteiger partial charge >= 0.3 is 0 Å². The maximum absolute atomic E-state index is 2.80. The van der Waals surface area contributed by atoms with Gasteiger partial charge in [0.15, 0.2) is 0 Å². The molecule has 2 aliphatic heterocycles. The maximum Gasteiger partial charge on any atom is 0.0120 e. The van der Waals surface area contributed by atoms with E-state index in [9.17, 15) is 0 Å². The number of fused-ring (bicyclic) bond motifs is 1. The highest BCUT2D eigenvalue weighted by Crippen LogP contribution is 2.38. The highest BCUT2D eigenvalue weighted by atomic mass is 15.2. The standard InChI is InChI=1S/C13H23N2/c1-14-7-5-13(6-8-14)15-9-11-3-2-4-12(11)10-15/h2,11-13H,3-10H2,1H3/t11-,12+. The highest BCUT2D eigenvalue weighted by molar-refractivity contribution is 4.97. The molecule has 2 heterocycles. The molecule has 0 spiro atoms. The predicted molar refractivity (Wildman–Crippen MR) is 62.6 cm³/mol. The van der Waals surface area contributed by atoms with Crippen LogP contribution in [0.4, 0.5) is 0 Å². The van der Waals surface area contributed by atoms with Gasteiger partial charge in [-0.05, 0) is 64.1 Å². The molecule has 2 heteroatoms. The van der Waals surface area contributed by atoms with Crippen LogP contribution in [0.3, 0.4) is 0 Å². The van der Waals surface area contributed by atoms with Crippen LogP contribution in [-0.4, -0.2) is 49.1 Å². The molecule has 1 saturated carbocycles. The van der Waals surface area contributed by atoms with Crippen molar-refractivity contribution in [1.82, 2.24) is 9.80 Å². The molecule has 2 nitrogen and oxygen atoms in total. The summed E-state index contributed by atoms with van der Waals surface area (Å²) >= 11 is 0. The van der Waals surface area contributed by atoms with E-state index in [0.717, 1.165) is 17.9 Å². The van der Waals surface area contributed by atoms with Gasteiger partial charge in [0.1, 0.15) is 0 Å². The topological polar surface area (TPSA) is 6.48 Å². The minimum absolute atomic E-state index is 0.909.